The maximum absolute atomic E-state index is 11.1. The van der Waals surface area contributed by atoms with Crippen LogP contribution in [0.5, 0.6) is 11.5 Å². The molecule has 30 heavy (non-hydrogen) atoms. The molecule has 1 aliphatic carbocycles. The zero-order valence-corrected chi connectivity index (χ0v) is 20.1. The average molecular weight is 439 g/mol. The Labute approximate surface area is 185 Å². The van der Waals surface area contributed by atoms with Gasteiger partial charge in [0.1, 0.15) is 6.04 Å². The number of carboxylic acids is 1. The smallest absolute Gasteiger partial charge is 0.321 e. The van der Waals surface area contributed by atoms with Crippen molar-refractivity contribution >= 4 is 17.7 Å². The van der Waals surface area contributed by atoms with E-state index in [0.29, 0.717) is 17.2 Å². The highest BCUT2D eigenvalue weighted by Crippen LogP contribution is 2.53. The van der Waals surface area contributed by atoms with Crippen molar-refractivity contribution in [1.82, 2.24) is 10.2 Å². The quantitative estimate of drug-likeness (QED) is 0.736. The first kappa shape index (κ1) is 24.8. The summed E-state index contributed by atoms with van der Waals surface area (Å²) in [7, 11) is 5.46. The third-order valence-corrected chi connectivity index (χ3v) is 8.09. The third-order valence-electron chi connectivity index (χ3n) is 6.55. The lowest BCUT2D eigenvalue weighted by Crippen LogP contribution is -2.54. The summed E-state index contributed by atoms with van der Waals surface area (Å²) in [4.78, 5) is 13.6. The summed E-state index contributed by atoms with van der Waals surface area (Å²) in [5.74, 6) is 1.55. The molecule has 3 unspecified atom stereocenters. The van der Waals surface area contributed by atoms with E-state index in [0.717, 1.165) is 24.3 Å². The van der Waals surface area contributed by atoms with Crippen LogP contribution < -0.4 is 14.8 Å². The monoisotopic (exact) mass is 438 g/mol. The van der Waals surface area contributed by atoms with Crippen LogP contribution in [0.15, 0.2) is 24.3 Å². The number of nitrogens with one attached hydrogen (secondary N) is 1. The van der Waals surface area contributed by atoms with E-state index in [2.05, 4.69) is 24.2 Å². The maximum Gasteiger partial charge on any atom is 0.321 e. The molecule has 1 aromatic rings. The second-order valence-electron chi connectivity index (χ2n) is 8.30. The summed E-state index contributed by atoms with van der Waals surface area (Å²) >= 11 is 1.83. The second-order valence-corrected chi connectivity index (χ2v) is 9.70. The average Bonchev–Trinajstić information content (AvgIpc) is 3.32. The fourth-order valence-electron chi connectivity index (χ4n) is 4.71. The van der Waals surface area contributed by atoms with Crippen molar-refractivity contribution in [3.63, 3.8) is 0 Å². The molecule has 170 valence electrons. The van der Waals surface area contributed by atoms with Gasteiger partial charge in [0.25, 0.3) is 0 Å². The van der Waals surface area contributed by atoms with Crippen molar-refractivity contribution in [1.29, 1.82) is 0 Å². The molecule has 1 spiro atoms. The highest BCUT2D eigenvalue weighted by Gasteiger charge is 2.54. The van der Waals surface area contributed by atoms with Crippen molar-refractivity contribution in [3.8, 4) is 11.5 Å². The molecule has 4 atom stereocenters. The minimum absolute atomic E-state index is 0.0197. The molecule has 1 aromatic carbocycles. The van der Waals surface area contributed by atoms with Gasteiger partial charge in [-0.05, 0) is 56.8 Å². The van der Waals surface area contributed by atoms with Gasteiger partial charge in [0.05, 0.1) is 19.1 Å². The van der Waals surface area contributed by atoms with E-state index >= 15 is 0 Å². The summed E-state index contributed by atoms with van der Waals surface area (Å²) in [5.41, 5.74) is 0.448. The Hall–Kier alpha value is -1.44. The predicted octanol–water partition coefficient (Wildman–Crippen LogP) is 4.10. The molecule has 3 fully saturated rings. The number of carbonyl (C=O) groups is 1. The van der Waals surface area contributed by atoms with Crippen molar-refractivity contribution in [2.75, 3.05) is 33.6 Å². The molecular weight excluding hydrogens is 400 g/mol. The lowest BCUT2D eigenvalue weighted by Gasteiger charge is -2.47. The van der Waals surface area contributed by atoms with Crippen molar-refractivity contribution < 1.29 is 19.4 Å². The number of rotatable bonds is 3. The standard InChI is InChI=1S/C13H22N2O2S.C8H10O2.C2H6/c1-12-3-4-13(7-10(12)15(2)6-5-12)14-9(8-18-13)11(16)17;1-9-7-5-3-4-6-8(7)10-2;1-2/h9-10,14H,3-8H2,1-2H3,(H,16,17);3-6H,1-2H3;1-2H3/t9?,10?,12-,13?;;/m0../s1. The zero-order chi connectivity index (χ0) is 22.4. The number of aliphatic carboxylic acids is 1. The van der Waals surface area contributed by atoms with E-state index in [4.69, 9.17) is 14.6 Å². The third kappa shape index (κ3) is 5.42. The molecule has 2 aliphatic heterocycles. The normalized spacial score (nSPS) is 32.3. The highest BCUT2D eigenvalue weighted by molar-refractivity contribution is 8.01. The summed E-state index contributed by atoms with van der Waals surface area (Å²) in [6, 6.07) is 7.78. The summed E-state index contributed by atoms with van der Waals surface area (Å²) in [6.45, 7) is 7.59. The van der Waals surface area contributed by atoms with E-state index in [-0.39, 0.29) is 10.9 Å². The van der Waals surface area contributed by atoms with Crippen molar-refractivity contribution in [2.45, 2.75) is 63.4 Å². The Morgan fingerprint density at radius 2 is 1.77 bits per heavy atom. The molecule has 0 bridgehead atoms. The van der Waals surface area contributed by atoms with Crippen LogP contribution in [0.25, 0.3) is 0 Å². The predicted molar refractivity (Wildman–Crippen MR) is 124 cm³/mol. The topological polar surface area (TPSA) is 71.0 Å². The SMILES string of the molecule is CC.CN1CC[C@]2(C)CCC3(CC12)NC(C(=O)O)CS3.COc1ccccc1OC. The van der Waals surface area contributed by atoms with E-state index in [1.165, 1.54) is 19.4 Å². The summed E-state index contributed by atoms with van der Waals surface area (Å²) in [5, 5.41) is 12.5. The lowest BCUT2D eigenvalue weighted by molar-refractivity contribution is -0.139. The first-order valence-electron chi connectivity index (χ1n) is 10.8. The van der Waals surface area contributed by atoms with E-state index in [1.807, 2.05) is 49.9 Å². The van der Waals surface area contributed by atoms with Gasteiger partial charge in [-0.1, -0.05) is 32.9 Å². The number of nitrogens with zero attached hydrogens (tertiary/aromatic N) is 1. The number of benzene rings is 1. The lowest BCUT2D eigenvalue weighted by atomic mass is 9.70. The fourth-order valence-corrected chi connectivity index (χ4v) is 6.17. The number of hydrogen-bond donors (Lipinski definition) is 2. The number of fused-ring (bicyclic) bond motifs is 1. The van der Waals surface area contributed by atoms with Crippen LogP contribution in [0.4, 0.5) is 0 Å². The Balaban J connectivity index is 0.000000228. The van der Waals surface area contributed by atoms with Crippen LogP contribution in [-0.2, 0) is 4.79 Å². The molecule has 0 amide bonds. The van der Waals surface area contributed by atoms with Crippen LogP contribution in [-0.4, -0.2) is 66.5 Å². The van der Waals surface area contributed by atoms with Gasteiger partial charge < -0.3 is 19.5 Å². The van der Waals surface area contributed by atoms with Gasteiger partial charge in [0.15, 0.2) is 11.5 Å². The summed E-state index contributed by atoms with van der Waals surface area (Å²) in [6.07, 6.45) is 4.71. The van der Waals surface area contributed by atoms with Crippen LogP contribution in [0.3, 0.4) is 0 Å². The van der Waals surface area contributed by atoms with Crippen LogP contribution in [0, 0.1) is 5.41 Å². The minimum atomic E-state index is -0.701. The molecule has 1 saturated carbocycles. The number of para-hydroxylation sites is 2. The molecule has 3 aliphatic rings. The number of ether oxygens (including phenoxy) is 2. The number of hydrogen-bond acceptors (Lipinski definition) is 6. The van der Waals surface area contributed by atoms with Gasteiger partial charge in [0, 0.05) is 11.8 Å². The van der Waals surface area contributed by atoms with Gasteiger partial charge >= 0.3 is 5.97 Å². The number of carboxylic acid groups (broad SMARTS) is 1. The number of methoxy groups -OCH3 is 2. The Morgan fingerprint density at radius 1 is 1.17 bits per heavy atom. The molecule has 0 radical (unpaired) electrons. The second kappa shape index (κ2) is 10.7. The van der Waals surface area contributed by atoms with Gasteiger partial charge in [-0.2, -0.15) is 0 Å². The Kier molecular flexibility index (Phi) is 8.88. The van der Waals surface area contributed by atoms with Crippen molar-refractivity contribution in [2.24, 2.45) is 5.41 Å². The molecule has 4 rings (SSSR count). The maximum atomic E-state index is 11.1. The molecule has 7 heteroatoms. The van der Waals surface area contributed by atoms with Gasteiger partial charge in [-0.25, -0.2) is 0 Å². The van der Waals surface area contributed by atoms with E-state index < -0.39 is 5.97 Å². The largest absolute Gasteiger partial charge is 0.493 e. The Morgan fingerprint density at radius 3 is 2.27 bits per heavy atom. The Bertz CT molecular complexity index is 681. The van der Waals surface area contributed by atoms with Crippen LogP contribution in [0.1, 0.15) is 46.5 Å². The molecule has 0 aromatic heterocycles. The number of likely N-dealkylation sites (tertiary alicyclic amines) is 1. The molecule has 2 heterocycles. The minimum Gasteiger partial charge on any atom is -0.493 e. The van der Waals surface area contributed by atoms with Gasteiger partial charge in [-0.3, -0.25) is 10.1 Å². The summed E-state index contributed by atoms with van der Waals surface area (Å²) < 4.78 is 10.0. The highest BCUT2D eigenvalue weighted by atomic mass is 32.2. The van der Waals surface area contributed by atoms with Gasteiger partial charge in [0.2, 0.25) is 0 Å². The van der Waals surface area contributed by atoms with Crippen LogP contribution >= 0.6 is 11.8 Å². The van der Waals surface area contributed by atoms with E-state index in [1.54, 1.807) is 14.2 Å². The fraction of sp³-hybridized carbons (Fsp3) is 0.696. The number of thioether (sulfide) groups is 1. The van der Waals surface area contributed by atoms with Crippen LogP contribution in [0.2, 0.25) is 0 Å². The first-order valence-corrected chi connectivity index (χ1v) is 11.8. The molecular formula is C23H38N2O4S. The molecule has 2 N–H and O–H groups in total. The van der Waals surface area contributed by atoms with Crippen molar-refractivity contribution in [3.05, 3.63) is 24.3 Å². The first-order chi connectivity index (χ1) is 14.3. The zero-order valence-electron chi connectivity index (χ0n) is 19.2. The molecule has 6 nitrogen and oxygen atoms in total. The van der Waals surface area contributed by atoms with Gasteiger partial charge in [-0.15, -0.1) is 11.8 Å². The van der Waals surface area contributed by atoms with E-state index in [9.17, 15) is 4.79 Å². The molecule has 2 saturated heterocycles.